The minimum atomic E-state index is -0.714. The van der Waals surface area contributed by atoms with Crippen molar-refractivity contribution in [2.24, 2.45) is 0 Å². The van der Waals surface area contributed by atoms with E-state index in [2.05, 4.69) is 22.3 Å². The van der Waals surface area contributed by atoms with E-state index in [4.69, 9.17) is 4.74 Å². The van der Waals surface area contributed by atoms with E-state index in [0.29, 0.717) is 13.0 Å². The van der Waals surface area contributed by atoms with Crippen molar-refractivity contribution in [1.82, 2.24) is 10.2 Å². The van der Waals surface area contributed by atoms with Crippen molar-refractivity contribution >= 4 is 5.91 Å². The zero-order valence-electron chi connectivity index (χ0n) is 16.5. The van der Waals surface area contributed by atoms with E-state index < -0.39 is 11.9 Å². The number of carbonyl (C=O) groups excluding carboxylic acids is 1. The van der Waals surface area contributed by atoms with Crippen LogP contribution in [0.5, 0.6) is 5.75 Å². The average Bonchev–Trinajstić information content (AvgIpc) is 2.72. The average molecular weight is 384 g/mol. The van der Waals surface area contributed by atoms with Gasteiger partial charge in [-0.15, -0.1) is 0 Å². The molecule has 0 saturated carbocycles. The molecule has 1 fully saturated rings. The molecule has 4 nitrogen and oxygen atoms in total. The largest absolute Gasteiger partial charge is 0.478 e. The summed E-state index contributed by atoms with van der Waals surface area (Å²) in [7, 11) is 0. The number of hydrogen-bond acceptors (Lipinski definition) is 3. The highest BCUT2D eigenvalue weighted by molar-refractivity contribution is 5.81. The number of nitrogens with zero attached hydrogens (tertiary/aromatic N) is 1. The van der Waals surface area contributed by atoms with Gasteiger partial charge in [-0.3, -0.25) is 9.69 Å². The van der Waals surface area contributed by atoms with Gasteiger partial charge in [0.05, 0.1) is 0 Å². The Morgan fingerprint density at radius 1 is 1.11 bits per heavy atom. The number of benzene rings is 2. The number of likely N-dealkylation sites (tertiary alicyclic amines) is 1. The van der Waals surface area contributed by atoms with Crippen LogP contribution in [0.25, 0.3) is 0 Å². The predicted octanol–water partition coefficient (Wildman–Crippen LogP) is 4.29. The SMILES string of the molecule is CC[C@@H](Oc1ccccc1F)C(=O)NCc1cccc(CN2CCCCC2)c1. The third kappa shape index (κ3) is 5.80. The van der Waals surface area contributed by atoms with Crippen LogP contribution in [-0.2, 0) is 17.9 Å². The summed E-state index contributed by atoms with van der Waals surface area (Å²) in [5, 5.41) is 2.92. The maximum atomic E-state index is 13.8. The molecule has 0 aromatic heterocycles. The van der Waals surface area contributed by atoms with Crippen molar-refractivity contribution in [3.05, 3.63) is 65.5 Å². The second-order valence-corrected chi connectivity index (χ2v) is 7.32. The van der Waals surface area contributed by atoms with Crippen LogP contribution in [0.3, 0.4) is 0 Å². The standard InChI is InChI=1S/C23H29FN2O2/c1-2-21(28-22-12-5-4-11-20(22)24)23(27)25-16-18-9-8-10-19(15-18)17-26-13-6-3-7-14-26/h4-5,8-12,15,21H,2-3,6-7,13-14,16-17H2,1H3,(H,25,27)/t21-/m1/s1. The van der Waals surface area contributed by atoms with Gasteiger partial charge in [-0.25, -0.2) is 4.39 Å². The number of amides is 1. The quantitative estimate of drug-likeness (QED) is 0.738. The van der Waals surface area contributed by atoms with Crippen molar-refractivity contribution in [3.8, 4) is 5.75 Å². The topological polar surface area (TPSA) is 41.6 Å². The molecule has 2 aromatic rings. The first-order chi connectivity index (χ1) is 13.7. The molecule has 1 atom stereocenters. The van der Waals surface area contributed by atoms with Crippen LogP contribution >= 0.6 is 0 Å². The smallest absolute Gasteiger partial charge is 0.261 e. The third-order valence-corrected chi connectivity index (χ3v) is 5.08. The molecule has 2 aromatic carbocycles. The van der Waals surface area contributed by atoms with E-state index >= 15 is 0 Å². The zero-order valence-corrected chi connectivity index (χ0v) is 16.5. The summed E-state index contributed by atoms with van der Waals surface area (Å²) in [5.41, 5.74) is 2.33. The molecule has 0 bridgehead atoms. The lowest BCUT2D eigenvalue weighted by Gasteiger charge is -2.26. The molecule has 28 heavy (non-hydrogen) atoms. The molecular formula is C23H29FN2O2. The Hall–Kier alpha value is -2.40. The van der Waals surface area contributed by atoms with E-state index in [-0.39, 0.29) is 11.7 Å². The van der Waals surface area contributed by atoms with Crippen LogP contribution in [0.1, 0.15) is 43.7 Å². The Morgan fingerprint density at radius 3 is 2.61 bits per heavy atom. The first-order valence-electron chi connectivity index (χ1n) is 10.1. The molecular weight excluding hydrogens is 355 g/mol. The fourth-order valence-electron chi connectivity index (χ4n) is 3.53. The maximum absolute atomic E-state index is 13.8. The first kappa shape index (κ1) is 20.3. The van der Waals surface area contributed by atoms with E-state index in [9.17, 15) is 9.18 Å². The summed E-state index contributed by atoms with van der Waals surface area (Å²) < 4.78 is 19.4. The Morgan fingerprint density at radius 2 is 1.86 bits per heavy atom. The van der Waals surface area contributed by atoms with Crippen LogP contribution in [0.2, 0.25) is 0 Å². The summed E-state index contributed by atoms with van der Waals surface area (Å²) in [5.74, 6) is -0.584. The molecule has 0 spiro atoms. The lowest BCUT2D eigenvalue weighted by atomic mass is 10.1. The lowest BCUT2D eigenvalue weighted by Crippen LogP contribution is -2.37. The van der Waals surface area contributed by atoms with Crippen LogP contribution < -0.4 is 10.1 Å². The van der Waals surface area contributed by atoms with Crippen molar-refractivity contribution < 1.29 is 13.9 Å². The number of carbonyl (C=O) groups is 1. The lowest BCUT2D eigenvalue weighted by molar-refractivity contribution is -0.128. The maximum Gasteiger partial charge on any atom is 0.261 e. The number of para-hydroxylation sites is 1. The van der Waals surface area contributed by atoms with Gasteiger partial charge in [0.25, 0.3) is 5.91 Å². The summed E-state index contributed by atoms with van der Waals surface area (Å²) in [4.78, 5) is 15.0. The molecule has 1 aliphatic rings. The van der Waals surface area contributed by atoms with Crippen molar-refractivity contribution in [2.45, 2.75) is 51.8 Å². The van der Waals surface area contributed by atoms with Gasteiger partial charge in [0.2, 0.25) is 0 Å². The van der Waals surface area contributed by atoms with Crippen LogP contribution in [-0.4, -0.2) is 30.0 Å². The normalized spacial score (nSPS) is 15.8. The molecule has 1 amide bonds. The van der Waals surface area contributed by atoms with E-state index in [0.717, 1.165) is 25.2 Å². The Labute approximate surface area is 166 Å². The van der Waals surface area contributed by atoms with Crippen LogP contribution in [0, 0.1) is 5.82 Å². The van der Waals surface area contributed by atoms with Gasteiger partial charge in [0, 0.05) is 13.1 Å². The van der Waals surface area contributed by atoms with E-state index in [1.165, 1.54) is 37.0 Å². The van der Waals surface area contributed by atoms with Gasteiger partial charge in [-0.1, -0.05) is 49.7 Å². The van der Waals surface area contributed by atoms with Gasteiger partial charge in [-0.2, -0.15) is 0 Å². The number of rotatable bonds is 8. The fraction of sp³-hybridized carbons (Fsp3) is 0.435. The number of piperidine rings is 1. The number of nitrogens with one attached hydrogen (secondary N) is 1. The number of halogens is 1. The Balaban J connectivity index is 1.54. The van der Waals surface area contributed by atoms with Crippen molar-refractivity contribution in [3.63, 3.8) is 0 Å². The minimum Gasteiger partial charge on any atom is -0.478 e. The second-order valence-electron chi connectivity index (χ2n) is 7.32. The van der Waals surface area contributed by atoms with Crippen LogP contribution in [0.15, 0.2) is 48.5 Å². The van der Waals surface area contributed by atoms with Crippen LogP contribution in [0.4, 0.5) is 4.39 Å². The van der Waals surface area contributed by atoms with Gasteiger partial charge < -0.3 is 10.1 Å². The molecule has 1 N–H and O–H groups in total. The zero-order chi connectivity index (χ0) is 19.8. The molecule has 0 aliphatic carbocycles. The highest BCUT2D eigenvalue weighted by Crippen LogP contribution is 2.18. The molecule has 1 heterocycles. The summed E-state index contributed by atoms with van der Waals surface area (Å²) in [6.45, 7) is 5.56. The summed E-state index contributed by atoms with van der Waals surface area (Å²) >= 11 is 0. The van der Waals surface area contributed by atoms with Gasteiger partial charge in [-0.05, 0) is 55.6 Å². The highest BCUT2D eigenvalue weighted by atomic mass is 19.1. The minimum absolute atomic E-state index is 0.105. The van der Waals surface area contributed by atoms with Gasteiger partial charge in [0.1, 0.15) is 0 Å². The third-order valence-electron chi connectivity index (χ3n) is 5.08. The molecule has 1 aliphatic heterocycles. The molecule has 0 unspecified atom stereocenters. The molecule has 3 rings (SSSR count). The molecule has 0 radical (unpaired) electrons. The molecule has 150 valence electrons. The molecule has 5 heteroatoms. The molecule has 1 saturated heterocycles. The van der Waals surface area contributed by atoms with E-state index in [1.807, 2.05) is 19.1 Å². The monoisotopic (exact) mass is 384 g/mol. The number of ether oxygens (including phenoxy) is 1. The van der Waals surface area contributed by atoms with E-state index in [1.54, 1.807) is 12.1 Å². The van der Waals surface area contributed by atoms with Crippen molar-refractivity contribution in [2.75, 3.05) is 13.1 Å². The Kier molecular flexibility index (Phi) is 7.43. The number of hydrogen-bond donors (Lipinski definition) is 1. The predicted molar refractivity (Wildman–Crippen MR) is 109 cm³/mol. The fourth-order valence-corrected chi connectivity index (χ4v) is 3.53. The highest BCUT2D eigenvalue weighted by Gasteiger charge is 2.19. The second kappa shape index (κ2) is 10.2. The Bertz CT molecular complexity index is 775. The first-order valence-corrected chi connectivity index (χ1v) is 10.1. The summed E-state index contributed by atoms with van der Waals surface area (Å²) in [6.07, 6.45) is 3.63. The summed E-state index contributed by atoms with van der Waals surface area (Å²) in [6, 6.07) is 14.5. The van der Waals surface area contributed by atoms with Gasteiger partial charge >= 0.3 is 0 Å². The van der Waals surface area contributed by atoms with Gasteiger partial charge in [0.15, 0.2) is 17.7 Å². The van der Waals surface area contributed by atoms with Crippen molar-refractivity contribution in [1.29, 1.82) is 0 Å².